The fourth-order valence-electron chi connectivity index (χ4n) is 2.86. The highest BCUT2D eigenvalue weighted by atomic mass is 32.2. The van der Waals surface area contributed by atoms with Gasteiger partial charge < -0.3 is 15.7 Å². The van der Waals surface area contributed by atoms with Crippen molar-refractivity contribution in [3.63, 3.8) is 0 Å². The molecule has 4 atom stereocenters. The SMILES string of the molecule is CC[S@](=O)[C@@H]1CCCC[C@H]1NC(=O)NC[C@@H](O)C1CC1. The molecule has 3 N–H and O–H groups in total. The molecular weight excluding hydrogens is 276 g/mol. The van der Waals surface area contributed by atoms with E-state index in [1.165, 1.54) is 0 Å². The van der Waals surface area contributed by atoms with Crippen LogP contribution in [0, 0.1) is 5.92 Å². The largest absolute Gasteiger partial charge is 0.391 e. The van der Waals surface area contributed by atoms with Crippen LogP contribution in [0.2, 0.25) is 0 Å². The lowest BCUT2D eigenvalue weighted by molar-refractivity contribution is 0.148. The van der Waals surface area contributed by atoms with E-state index in [0.717, 1.165) is 38.5 Å². The Morgan fingerprint density at radius 3 is 2.65 bits per heavy atom. The first-order valence-electron chi connectivity index (χ1n) is 7.71. The highest BCUT2D eigenvalue weighted by Crippen LogP contribution is 2.32. The van der Waals surface area contributed by atoms with Crippen molar-refractivity contribution >= 4 is 16.8 Å². The number of nitrogens with one attached hydrogen (secondary N) is 2. The number of aliphatic hydroxyl groups is 1. The van der Waals surface area contributed by atoms with Gasteiger partial charge in [0, 0.05) is 29.1 Å². The summed E-state index contributed by atoms with van der Waals surface area (Å²) in [7, 11) is -0.862. The molecule has 0 heterocycles. The first-order valence-corrected chi connectivity index (χ1v) is 9.09. The summed E-state index contributed by atoms with van der Waals surface area (Å²) in [6, 6.07) is -0.239. The van der Waals surface area contributed by atoms with Crippen LogP contribution >= 0.6 is 0 Å². The van der Waals surface area contributed by atoms with Gasteiger partial charge in [-0.2, -0.15) is 0 Å². The van der Waals surface area contributed by atoms with Crippen LogP contribution in [0.15, 0.2) is 0 Å². The maximum absolute atomic E-state index is 12.0. The zero-order valence-corrected chi connectivity index (χ0v) is 13.0. The minimum Gasteiger partial charge on any atom is -0.391 e. The number of aliphatic hydroxyl groups excluding tert-OH is 1. The van der Waals surface area contributed by atoms with Gasteiger partial charge in [0.2, 0.25) is 0 Å². The number of hydrogen-bond donors (Lipinski definition) is 3. The maximum Gasteiger partial charge on any atom is 0.315 e. The van der Waals surface area contributed by atoms with Crippen LogP contribution in [0.25, 0.3) is 0 Å². The van der Waals surface area contributed by atoms with Gasteiger partial charge in [-0.25, -0.2) is 4.79 Å². The van der Waals surface area contributed by atoms with Crippen molar-refractivity contribution in [1.29, 1.82) is 0 Å². The quantitative estimate of drug-likeness (QED) is 0.688. The molecule has 0 aromatic rings. The molecule has 5 nitrogen and oxygen atoms in total. The Kier molecular flexibility index (Phi) is 5.84. The minimum absolute atomic E-state index is 0.00241. The van der Waals surface area contributed by atoms with Crippen LogP contribution < -0.4 is 10.6 Å². The Morgan fingerprint density at radius 1 is 1.30 bits per heavy atom. The van der Waals surface area contributed by atoms with E-state index in [0.29, 0.717) is 18.2 Å². The number of carbonyl (C=O) groups is 1. The monoisotopic (exact) mass is 302 g/mol. The second-order valence-corrected chi connectivity index (χ2v) is 7.80. The van der Waals surface area contributed by atoms with Crippen LogP contribution in [-0.4, -0.2) is 45.0 Å². The van der Waals surface area contributed by atoms with E-state index in [1.54, 1.807) is 0 Å². The van der Waals surface area contributed by atoms with Crippen LogP contribution in [0.5, 0.6) is 0 Å². The average molecular weight is 302 g/mol. The summed E-state index contributed by atoms with van der Waals surface area (Å²) in [6.07, 6.45) is 5.69. The van der Waals surface area contributed by atoms with Crippen molar-refractivity contribution in [3.05, 3.63) is 0 Å². The van der Waals surface area contributed by atoms with E-state index in [9.17, 15) is 14.1 Å². The molecule has 6 heteroatoms. The zero-order chi connectivity index (χ0) is 14.5. The van der Waals surface area contributed by atoms with Crippen molar-refractivity contribution in [1.82, 2.24) is 10.6 Å². The smallest absolute Gasteiger partial charge is 0.315 e. The average Bonchev–Trinajstić information content (AvgIpc) is 3.29. The molecule has 0 bridgehead atoms. The topological polar surface area (TPSA) is 78.4 Å². The van der Waals surface area contributed by atoms with E-state index in [4.69, 9.17) is 0 Å². The van der Waals surface area contributed by atoms with Gasteiger partial charge in [-0.3, -0.25) is 4.21 Å². The highest BCUT2D eigenvalue weighted by Gasteiger charge is 2.32. The van der Waals surface area contributed by atoms with Gasteiger partial charge in [0.25, 0.3) is 0 Å². The third-order valence-electron chi connectivity index (χ3n) is 4.28. The van der Waals surface area contributed by atoms with E-state index >= 15 is 0 Å². The summed E-state index contributed by atoms with van der Waals surface area (Å²) in [6.45, 7) is 2.23. The van der Waals surface area contributed by atoms with E-state index in [2.05, 4.69) is 10.6 Å². The fourth-order valence-corrected chi connectivity index (χ4v) is 4.28. The number of rotatable bonds is 6. The molecule has 2 fully saturated rings. The van der Waals surface area contributed by atoms with E-state index in [-0.39, 0.29) is 17.3 Å². The summed E-state index contributed by atoms with van der Waals surface area (Å²) in [5, 5.41) is 15.5. The number of amides is 2. The van der Waals surface area contributed by atoms with Gasteiger partial charge >= 0.3 is 6.03 Å². The maximum atomic E-state index is 12.0. The third kappa shape index (κ3) is 4.45. The molecule has 2 rings (SSSR count). The van der Waals surface area contributed by atoms with Gasteiger partial charge in [-0.1, -0.05) is 19.8 Å². The standard InChI is InChI=1S/C14H26N2O3S/c1-2-20(19)13-6-4-3-5-11(13)16-14(18)15-9-12(17)10-7-8-10/h10-13,17H,2-9H2,1H3,(H2,15,16,18)/t11-,12-,13-,20+/m1/s1. The highest BCUT2D eigenvalue weighted by molar-refractivity contribution is 7.85. The van der Waals surface area contributed by atoms with Gasteiger partial charge in [-0.05, 0) is 31.6 Å². The second-order valence-electron chi connectivity index (χ2n) is 5.86. The molecular formula is C14H26N2O3S. The lowest BCUT2D eigenvalue weighted by atomic mass is 9.95. The first-order chi connectivity index (χ1) is 9.61. The van der Waals surface area contributed by atoms with Gasteiger partial charge in [0.15, 0.2) is 0 Å². The Bertz CT molecular complexity index is 360. The molecule has 0 unspecified atom stereocenters. The minimum atomic E-state index is -0.862. The van der Waals surface area contributed by atoms with Gasteiger partial charge in [-0.15, -0.1) is 0 Å². The Hall–Kier alpha value is -0.620. The Morgan fingerprint density at radius 2 is 2.00 bits per heavy atom. The second kappa shape index (κ2) is 7.41. The van der Waals surface area contributed by atoms with Crippen LogP contribution in [0.3, 0.4) is 0 Å². The summed E-state index contributed by atoms with van der Waals surface area (Å²) < 4.78 is 12.0. The van der Waals surface area contributed by atoms with E-state index < -0.39 is 16.9 Å². The molecule has 2 amide bonds. The third-order valence-corrected chi connectivity index (χ3v) is 6.09. The van der Waals surface area contributed by atoms with Gasteiger partial charge in [0.05, 0.1) is 11.4 Å². The summed E-state index contributed by atoms with van der Waals surface area (Å²) in [4.78, 5) is 11.9. The predicted molar refractivity (Wildman–Crippen MR) is 80.0 cm³/mol. The molecule has 2 aliphatic rings. The van der Waals surface area contributed by atoms with Crippen molar-refractivity contribution in [3.8, 4) is 0 Å². The fraction of sp³-hybridized carbons (Fsp3) is 0.929. The molecule has 116 valence electrons. The van der Waals surface area contributed by atoms with Gasteiger partial charge in [0.1, 0.15) is 0 Å². The number of urea groups is 1. The molecule has 0 aromatic heterocycles. The van der Waals surface area contributed by atoms with Crippen LogP contribution in [-0.2, 0) is 10.8 Å². The van der Waals surface area contributed by atoms with Crippen molar-refractivity contribution in [2.45, 2.75) is 62.8 Å². The van der Waals surface area contributed by atoms with Crippen LogP contribution in [0.1, 0.15) is 45.4 Å². The molecule has 0 saturated heterocycles. The molecule has 0 aromatic carbocycles. The summed E-state index contributed by atoms with van der Waals surface area (Å²) >= 11 is 0. The zero-order valence-electron chi connectivity index (χ0n) is 12.1. The molecule has 0 spiro atoms. The van der Waals surface area contributed by atoms with Crippen molar-refractivity contribution in [2.24, 2.45) is 5.92 Å². The Balaban J connectivity index is 1.76. The van der Waals surface area contributed by atoms with Crippen molar-refractivity contribution < 1.29 is 14.1 Å². The predicted octanol–water partition coefficient (Wildman–Crippen LogP) is 1.14. The molecule has 20 heavy (non-hydrogen) atoms. The molecule has 0 aliphatic heterocycles. The summed E-state index contributed by atoms with van der Waals surface area (Å²) in [5.41, 5.74) is 0. The molecule has 2 saturated carbocycles. The lowest BCUT2D eigenvalue weighted by Gasteiger charge is -2.31. The molecule has 2 aliphatic carbocycles. The first kappa shape index (κ1) is 15.8. The normalized spacial score (nSPS) is 29.5. The Labute approximate surface area is 123 Å². The van der Waals surface area contributed by atoms with Crippen molar-refractivity contribution in [2.75, 3.05) is 12.3 Å². The molecule has 0 radical (unpaired) electrons. The van der Waals surface area contributed by atoms with E-state index in [1.807, 2.05) is 6.92 Å². The number of hydrogen-bond acceptors (Lipinski definition) is 3. The van der Waals surface area contributed by atoms with Crippen LogP contribution in [0.4, 0.5) is 4.79 Å². The lowest BCUT2D eigenvalue weighted by Crippen LogP contribution is -2.51. The summed E-state index contributed by atoms with van der Waals surface area (Å²) in [5.74, 6) is 1.01. The number of carbonyl (C=O) groups excluding carboxylic acids is 1.